The Bertz CT molecular complexity index is 380. The molecule has 0 saturated heterocycles. The summed E-state index contributed by atoms with van der Waals surface area (Å²) in [6, 6.07) is 6.48. The average Bonchev–Trinajstić information content (AvgIpc) is 2.29. The molecule has 5 heteroatoms. The molecule has 1 aromatic carbocycles. The van der Waals surface area contributed by atoms with Crippen LogP contribution in [-0.4, -0.2) is 22.7 Å². The third-order valence-corrected chi connectivity index (χ3v) is 2.57. The van der Waals surface area contributed by atoms with Gasteiger partial charge >= 0.3 is 0 Å². The molecule has 0 amide bonds. The molecule has 0 aliphatic carbocycles. The second-order valence-corrected chi connectivity index (χ2v) is 4.37. The molecule has 0 radical (unpaired) electrons. The van der Waals surface area contributed by atoms with E-state index in [1.807, 2.05) is 19.9 Å². The molecule has 0 bridgehead atoms. The van der Waals surface area contributed by atoms with E-state index in [4.69, 9.17) is 0 Å². The van der Waals surface area contributed by atoms with Crippen molar-refractivity contribution in [3.05, 3.63) is 39.9 Å². The van der Waals surface area contributed by atoms with E-state index in [0.29, 0.717) is 13.1 Å². The third-order valence-electron chi connectivity index (χ3n) is 2.57. The lowest BCUT2D eigenvalue weighted by molar-refractivity contribution is -0.384. The maximum Gasteiger partial charge on any atom is 0.269 e. The zero-order chi connectivity index (χ0) is 12.8. The van der Waals surface area contributed by atoms with Crippen molar-refractivity contribution in [2.45, 2.75) is 26.5 Å². The molecule has 1 rings (SSSR count). The van der Waals surface area contributed by atoms with Crippen LogP contribution in [0, 0.1) is 16.0 Å². The molecule has 1 unspecified atom stereocenters. The molecule has 5 nitrogen and oxygen atoms in total. The minimum Gasteiger partial charge on any atom is -0.392 e. The molecule has 0 saturated carbocycles. The molecule has 0 aliphatic rings. The zero-order valence-corrected chi connectivity index (χ0v) is 10.1. The molecule has 0 spiro atoms. The van der Waals surface area contributed by atoms with Crippen LogP contribution >= 0.6 is 0 Å². The van der Waals surface area contributed by atoms with Gasteiger partial charge in [0.15, 0.2) is 0 Å². The van der Waals surface area contributed by atoms with Crippen molar-refractivity contribution in [3.63, 3.8) is 0 Å². The van der Waals surface area contributed by atoms with Crippen LogP contribution in [0.25, 0.3) is 0 Å². The Morgan fingerprint density at radius 2 is 2.18 bits per heavy atom. The number of nitro groups is 1. The third kappa shape index (κ3) is 4.50. The predicted molar refractivity (Wildman–Crippen MR) is 65.6 cm³/mol. The lowest BCUT2D eigenvalue weighted by Gasteiger charge is -2.14. The minimum absolute atomic E-state index is 0.0914. The van der Waals surface area contributed by atoms with Crippen molar-refractivity contribution < 1.29 is 10.0 Å². The number of non-ortho nitro benzene ring substituents is 1. The minimum atomic E-state index is -0.410. The summed E-state index contributed by atoms with van der Waals surface area (Å²) in [6.07, 6.45) is -0.395. The maximum absolute atomic E-state index is 10.6. The molecule has 0 aliphatic heterocycles. The summed E-state index contributed by atoms with van der Waals surface area (Å²) in [4.78, 5) is 10.2. The van der Waals surface area contributed by atoms with Crippen LogP contribution in [0.3, 0.4) is 0 Å². The fraction of sp³-hybridized carbons (Fsp3) is 0.500. The van der Waals surface area contributed by atoms with E-state index in [0.717, 1.165) is 5.56 Å². The van der Waals surface area contributed by atoms with Crippen molar-refractivity contribution in [3.8, 4) is 0 Å². The van der Waals surface area contributed by atoms with Gasteiger partial charge in [-0.3, -0.25) is 10.1 Å². The number of nitro benzene ring substituents is 1. The van der Waals surface area contributed by atoms with Gasteiger partial charge in [0.2, 0.25) is 0 Å². The quantitative estimate of drug-likeness (QED) is 0.584. The number of hydrogen-bond acceptors (Lipinski definition) is 4. The van der Waals surface area contributed by atoms with Gasteiger partial charge in [-0.2, -0.15) is 0 Å². The van der Waals surface area contributed by atoms with Crippen molar-refractivity contribution in [2.24, 2.45) is 5.92 Å². The van der Waals surface area contributed by atoms with Crippen molar-refractivity contribution in [1.29, 1.82) is 0 Å². The SMILES string of the molecule is CC(C)C(O)CNCc1cccc([N+](=O)[O-])c1. The van der Waals surface area contributed by atoms with E-state index in [-0.39, 0.29) is 11.6 Å². The first-order valence-corrected chi connectivity index (χ1v) is 5.63. The van der Waals surface area contributed by atoms with E-state index in [1.54, 1.807) is 6.07 Å². The molecule has 17 heavy (non-hydrogen) atoms. The van der Waals surface area contributed by atoms with Crippen molar-refractivity contribution >= 4 is 5.69 Å². The highest BCUT2D eigenvalue weighted by Crippen LogP contribution is 2.12. The van der Waals surface area contributed by atoms with Crippen LogP contribution < -0.4 is 5.32 Å². The number of aliphatic hydroxyl groups excluding tert-OH is 1. The van der Waals surface area contributed by atoms with Gasteiger partial charge in [-0.15, -0.1) is 0 Å². The Labute approximate surface area is 101 Å². The largest absolute Gasteiger partial charge is 0.392 e. The average molecular weight is 238 g/mol. The molecule has 1 atom stereocenters. The fourth-order valence-electron chi connectivity index (χ4n) is 1.38. The lowest BCUT2D eigenvalue weighted by atomic mass is 10.1. The van der Waals surface area contributed by atoms with E-state index < -0.39 is 11.0 Å². The Kier molecular flexibility index (Phi) is 5.06. The van der Waals surface area contributed by atoms with Crippen LogP contribution in [0.2, 0.25) is 0 Å². The number of benzene rings is 1. The number of nitrogens with zero attached hydrogens (tertiary/aromatic N) is 1. The molecular formula is C12H18N2O3. The van der Waals surface area contributed by atoms with Crippen LogP contribution in [0.4, 0.5) is 5.69 Å². The summed E-state index contributed by atoms with van der Waals surface area (Å²) < 4.78 is 0. The van der Waals surface area contributed by atoms with E-state index >= 15 is 0 Å². The topological polar surface area (TPSA) is 75.4 Å². The first kappa shape index (κ1) is 13.6. The maximum atomic E-state index is 10.6. The second kappa shape index (κ2) is 6.32. The first-order valence-electron chi connectivity index (χ1n) is 5.63. The molecular weight excluding hydrogens is 220 g/mol. The molecule has 0 fully saturated rings. The summed E-state index contributed by atoms with van der Waals surface area (Å²) in [5.41, 5.74) is 0.934. The van der Waals surface area contributed by atoms with Gasteiger partial charge in [-0.25, -0.2) is 0 Å². The van der Waals surface area contributed by atoms with Crippen LogP contribution in [0.15, 0.2) is 24.3 Å². The smallest absolute Gasteiger partial charge is 0.269 e. The Hall–Kier alpha value is -1.46. The molecule has 0 aromatic heterocycles. The molecule has 0 heterocycles. The van der Waals surface area contributed by atoms with Crippen molar-refractivity contribution in [1.82, 2.24) is 5.32 Å². The van der Waals surface area contributed by atoms with Gasteiger partial charge in [0, 0.05) is 25.2 Å². The zero-order valence-electron chi connectivity index (χ0n) is 10.1. The summed E-state index contributed by atoms with van der Waals surface area (Å²) in [6.45, 7) is 4.89. The predicted octanol–water partition coefficient (Wildman–Crippen LogP) is 1.70. The van der Waals surface area contributed by atoms with Gasteiger partial charge in [-0.1, -0.05) is 26.0 Å². The van der Waals surface area contributed by atoms with Crippen LogP contribution in [-0.2, 0) is 6.54 Å². The van der Waals surface area contributed by atoms with Gasteiger partial charge < -0.3 is 10.4 Å². The monoisotopic (exact) mass is 238 g/mol. The summed E-state index contributed by atoms with van der Waals surface area (Å²) in [5, 5.41) is 23.2. The fourth-order valence-corrected chi connectivity index (χ4v) is 1.38. The highest BCUT2D eigenvalue weighted by Gasteiger charge is 2.09. The Balaban J connectivity index is 2.47. The van der Waals surface area contributed by atoms with Crippen LogP contribution in [0.5, 0.6) is 0 Å². The van der Waals surface area contributed by atoms with Gasteiger partial charge in [0.25, 0.3) is 5.69 Å². The van der Waals surface area contributed by atoms with Crippen LogP contribution in [0.1, 0.15) is 19.4 Å². The highest BCUT2D eigenvalue weighted by molar-refractivity contribution is 5.34. The van der Waals surface area contributed by atoms with Gasteiger partial charge in [0.05, 0.1) is 11.0 Å². The number of nitrogens with one attached hydrogen (secondary N) is 1. The number of hydrogen-bond donors (Lipinski definition) is 2. The van der Waals surface area contributed by atoms with E-state index in [9.17, 15) is 15.2 Å². The molecule has 94 valence electrons. The Morgan fingerprint density at radius 3 is 2.76 bits per heavy atom. The molecule has 2 N–H and O–H groups in total. The molecule has 1 aromatic rings. The summed E-state index contributed by atoms with van der Waals surface area (Å²) in [7, 11) is 0. The van der Waals surface area contributed by atoms with Gasteiger partial charge in [0.1, 0.15) is 0 Å². The lowest BCUT2D eigenvalue weighted by Crippen LogP contribution is -2.30. The summed E-state index contributed by atoms with van der Waals surface area (Å²) >= 11 is 0. The number of aliphatic hydroxyl groups is 1. The van der Waals surface area contributed by atoms with Crippen molar-refractivity contribution in [2.75, 3.05) is 6.54 Å². The first-order chi connectivity index (χ1) is 8.00. The number of rotatable bonds is 6. The van der Waals surface area contributed by atoms with E-state index in [1.165, 1.54) is 12.1 Å². The standard InChI is InChI=1S/C12H18N2O3/c1-9(2)12(15)8-13-7-10-4-3-5-11(6-10)14(16)17/h3-6,9,12-13,15H,7-8H2,1-2H3. The normalized spacial score (nSPS) is 12.7. The summed E-state index contributed by atoms with van der Waals surface area (Å²) in [5.74, 6) is 0.201. The highest BCUT2D eigenvalue weighted by atomic mass is 16.6. The van der Waals surface area contributed by atoms with E-state index in [2.05, 4.69) is 5.32 Å². The van der Waals surface area contributed by atoms with Gasteiger partial charge in [-0.05, 0) is 11.5 Å². The Morgan fingerprint density at radius 1 is 1.47 bits per heavy atom. The second-order valence-electron chi connectivity index (χ2n) is 4.37.